The molecule has 19 heavy (non-hydrogen) atoms. The molecule has 106 valence electrons. The largest absolute Gasteiger partial charge is 0.480 e. The molecule has 1 aliphatic heterocycles. The van der Waals surface area contributed by atoms with E-state index in [1.807, 2.05) is 0 Å². The summed E-state index contributed by atoms with van der Waals surface area (Å²) in [5.74, 6) is -1.59. The molecule has 1 heterocycles. The van der Waals surface area contributed by atoms with Gasteiger partial charge in [0.15, 0.2) is 0 Å². The van der Waals surface area contributed by atoms with Gasteiger partial charge in [0.25, 0.3) is 0 Å². The average molecular weight is 268 g/mol. The highest BCUT2D eigenvalue weighted by Crippen LogP contribution is 2.33. The van der Waals surface area contributed by atoms with Crippen molar-refractivity contribution in [2.24, 2.45) is 5.92 Å². The monoisotopic (exact) mass is 268 g/mol. The Bertz CT molecular complexity index is 403. The van der Waals surface area contributed by atoms with Crippen LogP contribution in [0.5, 0.6) is 0 Å². The Balaban J connectivity index is 2.01. The SMILES string of the molecule is CC(C)N(CC(=O)O)C(=O)C1CC(=O)N(C2CC2)C1. The molecule has 6 nitrogen and oxygen atoms in total. The number of rotatable bonds is 5. The van der Waals surface area contributed by atoms with Gasteiger partial charge in [-0.1, -0.05) is 0 Å². The van der Waals surface area contributed by atoms with Gasteiger partial charge in [0.1, 0.15) is 6.54 Å². The van der Waals surface area contributed by atoms with E-state index in [4.69, 9.17) is 5.11 Å². The van der Waals surface area contributed by atoms with Gasteiger partial charge in [0, 0.05) is 25.0 Å². The van der Waals surface area contributed by atoms with Crippen LogP contribution in [0.2, 0.25) is 0 Å². The van der Waals surface area contributed by atoms with Crippen LogP contribution in [0.4, 0.5) is 0 Å². The summed E-state index contributed by atoms with van der Waals surface area (Å²) >= 11 is 0. The number of aliphatic carboxylic acids is 1. The van der Waals surface area contributed by atoms with Crippen molar-refractivity contribution in [3.63, 3.8) is 0 Å². The maximum atomic E-state index is 12.3. The van der Waals surface area contributed by atoms with Crippen LogP contribution in [0.15, 0.2) is 0 Å². The van der Waals surface area contributed by atoms with Crippen molar-refractivity contribution in [3.8, 4) is 0 Å². The molecule has 2 rings (SSSR count). The van der Waals surface area contributed by atoms with Crippen LogP contribution < -0.4 is 0 Å². The van der Waals surface area contributed by atoms with E-state index < -0.39 is 5.97 Å². The first-order valence-corrected chi connectivity index (χ1v) is 6.72. The summed E-state index contributed by atoms with van der Waals surface area (Å²) in [6.45, 7) is 3.72. The van der Waals surface area contributed by atoms with Gasteiger partial charge < -0.3 is 14.9 Å². The lowest BCUT2D eigenvalue weighted by Gasteiger charge is -2.27. The number of carboxylic acid groups (broad SMARTS) is 1. The van der Waals surface area contributed by atoms with Crippen molar-refractivity contribution in [1.82, 2.24) is 9.80 Å². The van der Waals surface area contributed by atoms with Gasteiger partial charge in [0.2, 0.25) is 11.8 Å². The van der Waals surface area contributed by atoms with Crippen LogP contribution in [0.1, 0.15) is 33.1 Å². The van der Waals surface area contributed by atoms with E-state index in [1.54, 1.807) is 18.7 Å². The number of hydrogen-bond acceptors (Lipinski definition) is 3. The van der Waals surface area contributed by atoms with Gasteiger partial charge in [-0.15, -0.1) is 0 Å². The zero-order valence-electron chi connectivity index (χ0n) is 11.3. The minimum atomic E-state index is -1.02. The average Bonchev–Trinajstić information content (AvgIpc) is 3.08. The molecule has 1 saturated heterocycles. The first kappa shape index (κ1) is 13.8. The Morgan fingerprint density at radius 1 is 1.42 bits per heavy atom. The summed E-state index contributed by atoms with van der Waals surface area (Å²) in [7, 11) is 0. The number of carboxylic acids is 1. The molecule has 1 atom stereocenters. The summed E-state index contributed by atoms with van der Waals surface area (Å²) in [4.78, 5) is 38.1. The maximum Gasteiger partial charge on any atom is 0.323 e. The first-order chi connectivity index (χ1) is 8.90. The summed E-state index contributed by atoms with van der Waals surface area (Å²) in [5, 5.41) is 8.86. The number of carbonyl (C=O) groups excluding carboxylic acids is 2. The van der Waals surface area contributed by atoms with Crippen molar-refractivity contribution in [3.05, 3.63) is 0 Å². The topological polar surface area (TPSA) is 77.9 Å². The van der Waals surface area contributed by atoms with E-state index in [1.165, 1.54) is 4.90 Å². The maximum absolute atomic E-state index is 12.3. The molecule has 0 aromatic carbocycles. The van der Waals surface area contributed by atoms with E-state index in [2.05, 4.69) is 0 Å². The molecule has 6 heteroatoms. The van der Waals surface area contributed by atoms with Gasteiger partial charge in [-0.2, -0.15) is 0 Å². The van der Waals surface area contributed by atoms with Crippen LogP contribution in [0, 0.1) is 5.92 Å². The van der Waals surface area contributed by atoms with Crippen LogP contribution in [-0.2, 0) is 14.4 Å². The molecule has 1 unspecified atom stereocenters. The zero-order valence-corrected chi connectivity index (χ0v) is 11.3. The second kappa shape index (κ2) is 5.19. The molecule has 1 aliphatic carbocycles. The fraction of sp³-hybridized carbons (Fsp3) is 0.769. The Morgan fingerprint density at radius 3 is 2.53 bits per heavy atom. The Kier molecular flexibility index (Phi) is 3.78. The standard InChI is InChI=1S/C13H20N2O4/c1-8(2)14(7-12(17)18)13(19)9-5-11(16)15(6-9)10-3-4-10/h8-10H,3-7H2,1-2H3,(H,17,18). The Morgan fingerprint density at radius 2 is 2.05 bits per heavy atom. The lowest BCUT2D eigenvalue weighted by molar-refractivity contribution is -0.147. The summed E-state index contributed by atoms with van der Waals surface area (Å²) in [6.07, 6.45) is 2.27. The summed E-state index contributed by atoms with van der Waals surface area (Å²) in [5.41, 5.74) is 0. The van der Waals surface area contributed by atoms with E-state index in [0.717, 1.165) is 12.8 Å². The Labute approximate surface area is 112 Å². The molecular weight excluding hydrogens is 248 g/mol. The van der Waals surface area contributed by atoms with Crippen LogP contribution in [0.25, 0.3) is 0 Å². The lowest BCUT2D eigenvalue weighted by atomic mass is 10.1. The first-order valence-electron chi connectivity index (χ1n) is 6.72. The predicted molar refractivity (Wildman–Crippen MR) is 67.3 cm³/mol. The van der Waals surface area contributed by atoms with Crippen molar-refractivity contribution in [2.45, 2.75) is 45.2 Å². The van der Waals surface area contributed by atoms with E-state index in [9.17, 15) is 14.4 Å². The Hall–Kier alpha value is -1.59. The van der Waals surface area contributed by atoms with E-state index in [-0.39, 0.29) is 36.7 Å². The third-order valence-electron chi connectivity index (χ3n) is 3.71. The van der Waals surface area contributed by atoms with Gasteiger partial charge in [-0.05, 0) is 26.7 Å². The van der Waals surface area contributed by atoms with Gasteiger partial charge in [-0.25, -0.2) is 0 Å². The molecule has 0 radical (unpaired) electrons. The van der Waals surface area contributed by atoms with Crippen molar-refractivity contribution >= 4 is 17.8 Å². The second-order valence-corrected chi connectivity index (χ2v) is 5.63. The quantitative estimate of drug-likeness (QED) is 0.779. The summed E-state index contributed by atoms with van der Waals surface area (Å²) < 4.78 is 0. The molecule has 1 saturated carbocycles. The van der Waals surface area contributed by atoms with E-state index in [0.29, 0.717) is 12.6 Å². The molecule has 1 N–H and O–H groups in total. The minimum absolute atomic E-state index is 0.0277. The molecular formula is C13H20N2O4. The fourth-order valence-electron chi connectivity index (χ4n) is 2.53. The molecule has 2 aliphatic rings. The fourth-order valence-corrected chi connectivity index (χ4v) is 2.53. The van der Waals surface area contributed by atoms with E-state index >= 15 is 0 Å². The van der Waals surface area contributed by atoms with Crippen molar-refractivity contribution < 1.29 is 19.5 Å². The normalized spacial score (nSPS) is 23.0. The second-order valence-electron chi connectivity index (χ2n) is 5.63. The predicted octanol–water partition coefficient (Wildman–Crippen LogP) is 0.319. The third kappa shape index (κ3) is 3.05. The number of nitrogens with zero attached hydrogens (tertiary/aromatic N) is 2. The highest BCUT2D eigenvalue weighted by Gasteiger charge is 2.43. The molecule has 2 amide bonds. The third-order valence-corrected chi connectivity index (χ3v) is 3.71. The number of amides is 2. The van der Waals surface area contributed by atoms with Gasteiger partial charge in [0.05, 0.1) is 5.92 Å². The van der Waals surface area contributed by atoms with Crippen LogP contribution in [-0.4, -0.2) is 57.9 Å². The highest BCUT2D eigenvalue weighted by molar-refractivity contribution is 5.91. The summed E-state index contributed by atoms with van der Waals surface area (Å²) in [6, 6.07) is 0.144. The van der Waals surface area contributed by atoms with Crippen LogP contribution in [0.3, 0.4) is 0 Å². The van der Waals surface area contributed by atoms with Gasteiger partial charge in [-0.3, -0.25) is 14.4 Å². The molecule has 0 bridgehead atoms. The van der Waals surface area contributed by atoms with Crippen molar-refractivity contribution in [1.29, 1.82) is 0 Å². The molecule has 0 spiro atoms. The smallest absolute Gasteiger partial charge is 0.323 e. The molecule has 2 fully saturated rings. The lowest BCUT2D eigenvalue weighted by Crippen LogP contribution is -2.44. The number of hydrogen-bond donors (Lipinski definition) is 1. The van der Waals surface area contributed by atoms with Crippen molar-refractivity contribution in [2.75, 3.05) is 13.1 Å². The molecule has 0 aromatic heterocycles. The van der Waals surface area contributed by atoms with Crippen LogP contribution >= 0.6 is 0 Å². The molecule has 0 aromatic rings. The minimum Gasteiger partial charge on any atom is -0.480 e. The highest BCUT2D eigenvalue weighted by atomic mass is 16.4. The number of likely N-dealkylation sites (tertiary alicyclic amines) is 1. The number of carbonyl (C=O) groups is 3. The van der Waals surface area contributed by atoms with Gasteiger partial charge >= 0.3 is 5.97 Å². The zero-order chi connectivity index (χ0) is 14.2.